The van der Waals surface area contributed by atoms with Crippen molar-refractivity contribution in [2.75, 3.05) is 11.1 Å². The highest BCUT2D eigenvalue weighted by atomic mass is 32.2. The smallest absolute Gasteiger partial charge is 0.251 e. The lowest BCUT2D eigenvalue weighted by molar-refractivity contribution is -0.113. The average molecular weight is 444 g/mol. The normalized spacial score (nSPS) is 13.1. The molecule has 0 bridgehead atoms. The molecule has 0 saturated carbocycles. The SMILES string of the molecule is C=CCn1c(SCC(=O)Nc2sc3c(c2C(N)=O)CCCC3)nnc1-c1ccco1. The van der Waals surface area contributed by atoms with Crippen molar-refractivity contribution in [1.29, 1.82) is 0 Å². The van der Waals surface area contributed by atoms with E-state index in [4.69, 9.17) is 10.2 Å². The van der Waals surface area contributed by atoms with E-state index >= 15 is 0 Å². The second-order valence-corrected chi connectivity index (χ2v) is 8.85. The molecule has 10 heteroatoms. The quantitative estimate of drug-likeness (QED) is 0.407. The molecule has 0 radical (unpaired) electrons. The fraction of sp³-hybridized carbons (Fsp3) is 0.300. The van der Waals surface area contributed by atoms with Gasteiger partial charge in [-0.15, -0.1) is 28.1 Å². The fourth-order valence-corrected chi connectivity index (χ4v) is 5.54. The zero-order chi connectivity index (χ0) is 21.1. The molecular weight excluding hydrogens is 422 g/mol. The van der Waals surface area contributed by atoms with Crippen LogP contribution in [0, 0.1) is 0 Å². The Labute approximate surface area is 181 Å². The van der Waals surface area contributed by atoms with Crippen LogP contribution in [0.3, 0.4) is 0 Å². The number of carbonyl (C=O) groups excluding carboxylic acids is 2. The fourth-order valence-electron chi connectivity index (χ4n) is 3.48. The van der Waals surface area contributed by atoms with Gasteiger partial charge in [0.1, 0.15) is 5.00 Å². The minimum Gasteiger partial charge on any atom is -0.461 e. The first kappa shape index (κ1) is 20.4. The van der Waals surface area contributed by atoms with Gasteiger partial charge in [0.25, 0.3) is 5.91 Å². The maximum atomic E-state index is 12.6. The third-order valence-corrected chi connectivity index (χ3v) is 6.95. The monoisotopic (exact) mass is 443 g/mol. The maximum absolute atomic E-state index is 12.6. The van der Waals surface area contributed by atoms with Crippen molar-refractivity contribution in [2.45, 2.75) is 37.4 Å². The molecule has 3 aromatic rings. The molecule has 3 heterocycles. The summed E-state index contributed by atoms with van der Waals surface area (Å²) in [6, 6.07) is 3.58. The van der Waals surface area contributed by atoms with E-state index in [9.17, 15) is 9.59 Å². The first-order valence-corrected chi connectivity index (χ1v) is 11.3. The molecule has 0 unspecified atom stereocenters. The van der Waals surface area contributed by atoms with Gasteiger partial charge in [0.2, 0.25) is 11.7 Å². The lowest BCUT2D eigenvalue weighted by Crippen LogP contribution is -2.19. The Morgan fingerprint density at radius 2 is 2.20 bits per heavy atom. The van der Waals surface area contributed by atoms with E-state index < -0.39 is 5.91 Å². The minimum absolute atomic E-state index is 0.119. The molecule has 0 aromatic carbocycles. The summed E-state index contributed by atoms with van der Waals surface area (Å²) in [6.45, 7) is 4.25. The van der Waals surface area contributed by atoms with Gasteiger partial charge in [0, 0.05) is 11.4 Å². The van der Waals surface area contributed by atoms with Gasteiger partial charge >= 0.3 is 0 Å². The van der Waals surface area contributed by atoms with Gasteiger partial charge in [-0.25, -0.2) is 0 Å². The highest BCUT2D eigenvalue weighted by molar-refractivity contribution is 7.99. The van der Waals surface area contributed by atoms with Crippen LogP contribution in [0.15, 0.2) is 40.6 Å². The molecule has 30 heavy (non-hydrogen) atoms. The van der Waals surface area contributed by atoms with Gasteiger partial charge < -0.3 is 15.5 Å². The second-order valence-electron chi connectivity index (χ2n) is 6.80. The third kappa shape index (κ3) is 4.05. The summed E-state index contributed by atoms with van der Waals surface area (Å²) in [5.74, 6) is 0.564. The first-order chi connectivity index (χ1) is 14.6. The zero-order valence-electron chi connectivity index (χ0n) is 16.2. The average Bonchev–Trinajstić information content (AvgIpc) is 3.44. The number of rotatable bonds is 8. The molecule has 3 N–H and O–H groups in total. The number of primary amides is 1. The molecule has 4 rings (SSSR count). The maximum Gasteiger partial charge on any atom is 0.251 e. The van der Waals surface area contributed by atoms with Crippen molar-refractivity contribution in [3.63, 3.8) is 0 Å². The molecule has 0 saturated heterocycles. The predicted octanol–water partition coefficient (Wildman–Crippen LogP) is 3.49. The van der Waals surface area contributed by atoms with Crippen LogP contribution in [0.4, 0.5) is 5.00 Å². The third-order valence-electron chi connectivity index (χ3n) is 4.77. The Balaban J connectivity index is 1.48. The summed E-state index contributed by atoms with van der Waals surface area (Å²) in [5.41, 5.74) is 7.05. The van der Waals surface area contributed by atoms with Crippen LogP contribution in [0.25, 0.3) is 11.6 Å². The summed E-state index contributed by atoms with van der Waals surface area (Å²) < 4.78 is 7.25. The van der Waals surface area contributed by atoms with Crippen LogP contribution in [0.2, 0.25) is 0 Å². The number of amides is 2. The van der Waals surface area contributed by atoms with Gasteiger partial charge in [0.15, 0.2) is 10.9 Å². The molecule has 0 atom stereocenters. The summed E-state index contributed by atoms with van der Waals surface area (Å²) in [6.07, 6.45) is 7.17. The molecule has 0 fully saturated rings. The Hall–Kier alpha value is -2.85. The summed E-state index contributed by atoms with van der Waals surface area (Å²) in [7, 11) is 0. The number of hydrogen-bond donors (Lipinski definition) is 2. The Bertz CT molecular complexity index is 1080. The number of nitrogens with two attached hydrogens (primary N) is 1. The van der Waals surface area contributed by atoms with Crippen molar-refractivity contribution in [2.24, 2.45) is 5.73 Å². The van der Waals surface area contributed by atoms with Crippen LogP contribution >= 0.6 is 23.1 Å². The number of thiophene rings is 1. The molecule has 1 aliphatic rings. The highest BCUT2D eigenvalue weighted by Gasteiger charge is 2.25. The van der Waals surface area contributed by atoms with Crippen LogP contribution in [0.1, 0.15) is 33.6 Å². The van der Waals surface area contributed by atoms with Crippen LogP contribution in [-0.2, 0) is 24.2 Å². The van der Waals surface area contributed by atoms with E-state index in [0.29, 0.717) is 33.9 Å². The van der Waals surface area contributed by atoms with E-state index in [2.05, 4.69) is 22.1 Å². The molecule has 0 spiro atoms. The number of thioether (sulfide) groups is 1. The number of anilines is 1. The first-order valence-electron chi connectivity index (χ1n) is 9.53. The lowest BCUT2D eigenvalue weighted by atomic mass is 9.95. The minimum atomic E-state index is -0.494. The van der Waals surface area contributed by atoms with Gasteiger partial charge in [0.05, 0.1) is 17.6 Å². The van der Waals surface area contributed by atoms with E-state index in [-0.39, 0.29) is 11.7 Å². The van der Waals surface area contributed by atoms with Crippen molar-refractivity contribution < 1.29 is 14.0 Å². The number of carbonyl (C=O) groups is 2. The van der Waals surface area contributed by atoms with Crippen LogP contribution in [-0.4, -0.2) is 32.3 Å². The largest absolute Gasteiger partial charge is 0.461 e. The number of hydrogen-bond acceptors (Lipinski definition) is 7. The van der Waals surface area contributed by atoms with Crippen molar-refractivity contribution in [3.05, 3.63) is 47.1 Å². The Morgan fingerprint density at radius 3 is 2.93 bits per heavy atom. The topological polar surface area (TPSA) is 116 Å². The molecular formula is C20H21N5O3S2. The van der Waals surface area contributed by atoms with Gasteiger partial charge in [-0.1, -0.05) is 17.8 Å². The summed E-state index contributed by atoms with van der Waals surface area (Å²) in [4.78, 5) is 25.7. The second kappa shape index (κ2) is 8.88. The van der Waals surface area contributed by atoms with Crippen molar-refractivity contribution in [3.8, 4) is 11.6 Å². The molecule has 8 nitrogen and oxygen atoms in total. The number of furan rings is 1. The summed E-state index contributed by atoms with van der Waals surface area (Å²) in [5, 5.41) is 12.4. The number of aryl methyl sites for hydroxylation is 1. The Kier molecular flexibility index (Phi) is 6.05. The molecule has 3 aromatic heterocycles. The van der Waals surface area contributed by atoms with Gasteiger partial charge in [-0.05, 0) is 43.4 Å². The standard InChI is InChI=1S/C20H21N5O3S2/c1-2-9-25-18(13-7-5-10-28-13)23-24-20(25)29-11-15(26)22-19-16(17(21)27)12-6-3-4-8-14(12)30-19/h2,5,7,10H,1,3-4,6,8-9,11H2,(H2,21,27)(H,22,26). The van der Waals surface area contributed by atoms with Gasteiger partial charge in [-0.3, -0.25) is 14.2 Å². The van der Waals surface area contributed by atoms with E-state index in [1.165, 1.54) is 23.1 Å². The number of nitrogens with zero attached hydrogens (tertiary/aromatic N) is 3. The van der Waals surface area contributed by atoms with Crippen LogP contribution in [0.5, 0.6) is 0 Å². The lowest BCUT2D eigenvalue weighted by Gasteiger charge is -2.11. The van der Waals surface area contributed by atoms with E-state index in [1.54, 1.807) is 24.5 Å². The number of nitrogens with one attached hydrogen (secondary N) is 1. The molecule has 1 aliphatic carbocycles. The van der Waals surface area contributed by atoms with Gasteiger partial charge in [-0.2, -0.15) is 0 Å². The molecule has 0 aliphatic heterocycles. The number of fused-ring (bicyclic) bond motifs is 1. The molecule has 2 amide bonds. The van der Waals surface area contributed by atoms with Crippen LogP contribution < -0.4 is 11.1 Å². The van der Waals surface area contributed by atoms with E-state index in [0.717, 1.165) is 36.1 Å². The van der Waals surface area contributed by atoms with Crippen molar-refractivity contribution >= 4 is 39.9 Å². The van der Waals surface area contributed by atoms with Crippen molar-refractivity contribution in [1.82, 2.24) is 14.8 Å². The van der Waals surface area contributed by atoms with E-state index in [1.807, 2.05) is 4.57 Å². The predicted molar refractivity (Wildman–Crippen MR) is 117 cm³/mol. The number of aromatic nitrogens is 3. The molecule has 156 valence electrons. The Morgan fingerprint density at radius 1 is 1.37 bits per heavy atom. The number of allylic oxidation sites excluding steroid dienone is 1. The summed E-state index contributed by atoms with van der Waals surface area (Å²) >= 11 is 2.71. The zero-order valence-corrected chi connectivity index (χ0v) is 17.9. The highest BCUT2D eigenvalue weighted by Crippen LogP contribution is 2.38.